The predicted molar refractivity (Wildman–Crippen MR) is 75.3 cm³/mol. The second-order valence-electron chi connectivity index (χ2n) is 4.83. The monoisotopic (exact) mass is 273 g/mol. The molecule has 0 saturated carbocycles. The molecule has 0 bridgehead atoms. The van der Waals surface area contributed by atoms with Crippen molar-refractivity contribution in [3.8, 4) is 0 Å². The first-order valence-electron chi connectivity index (χ1n) is 7.03. The molecule has 0 unspecified atom stereocenters. The number of hydrogen-bond acceptors (Lipinski definition) is 6. The summed E-state index contributed by atoms with van der Waals surface area (Å²) in [6.45, 7) is 8.30. The van der Waals surface area contributed by atoms with Gasteiger partial charge in [0, 0.05) is 58.9 Å². The average Bonchev–Trinajstić information content (AvgIpc) is 2.37. The summed E-state index contributed by atoms with van der Waals surface area (Å²) in [5.74, 6) is -0.920. The molecule has 0 aromatic rings. The third kappa shape index (κ3) is 8.12. The van der Waals surface area contributed by atoms with Crippen molar-refractivity contribution in [1.82, 2.24) is 20.9 Å². The Labute approximate surface area is 114 Å². The van der Waals surface area contributed by atoms with Gasteiger partial charge in [-0.05, 0) is 6.42 Å². The van der Waals surface area contributed by atoms with Crippen LogP contribution in [0.15, 0.2) is 0 Å². The van der Waals surface area contributed by atoms with Crippen molar-refractivity contribution >= 4 is 5.97 Å². The second kappa shape index (κ2) is 10.1. The summed E-state index contributed by atoms with van der Waals surface area (Å²) in [4.78, 5) is 13.0. The highest BCUT2D eigenvalue weighted by Crippen LogP contribution is 1.95. The number of carboxylic acids is 1. The topological polar surface area (TPSA) is 103 Å². The second-order valence-corrected chi connectivity index (χ2v) is 4.83. The summed E-state index contributed by atoms with van der Waals surface area (Å²) in [5.41, 5.74) is 5.54. The van der Waals surface area contributed by atoms with E-state index in [0.29, 0.717) is 6.42 Å². The summed E-state index contributed by atoms with van der Waals surface area (Å²) in [7, 11) is 0. The quantitative estimate of drug-likeness (QED) is 0.399. The van der Waals surface area contributed by atoms with Gasteiger partial charge in [-0.25, -0.2) is 0 Å². The van der Waals surface area contributed by atoms with Crippen molar-refractivity contribution < 1.29 is 9.90 Å². The van der Waals surface area contributed by atoms with Gasteiger partial charge in [-0.1, -0.05) is 0 Å². The van der Waals surface area contributed by atoms with Gasteiger partial charge < -0.3 is 31.7 Å². The first-order chi connectivity index (χ1) is 9.20. The van der Waals surface area contributed by atoms with Crippen molar-refractivity contribution in [1.29, 1.82) is 0 Å². The molecule has 7 nitrogen and oxygen atoms in total. The van der Waals surface area contributed by atoms with E-state index in [-0.39, 0.29) is 0 Å². The van der Waals surface area contributed by atoms with Crippen LogP contribution in [0.4, 0.5) is 0 Å². The number of hydrogen-bond donors (Lipinski definition) is 5. The zero-order chi connectivity index (χ0) is 13.9. The standard InChI is InChI=1S/C12H27N5O2/c13-11(12(18)19)1-8-17-9-6-15-4-2-14-3-5-16-7-10-17/h11,14-16H,1-10,13H2,(H,18,19)/t11-/m0/s1. The molecule has 7 heteroatoms. The normalized spacial score (nSPS) is 22.2. The Balaban J connectivity index is 2.28. The summed E-state index contributed by atoms with van der Waals surface area (Å²) in [6.07, 6.45) is 0.497. The van der Waals surface area contributed by atoms with Crippen molar-refractivity contribution in [2.75, 3.05) is 58.9 Å². The molecule has 1 heterocycles. The van der Waals surface area contributed by atoms with Crippen LogP contribution in [0.25, 0.3) is 0 Å². The lowest BCUT2D eigenvalue weighted by atomic mass is 10.2. The van der Waals surface area contributed by atoms with Crippen LogP contribution in [0, 0.1) is 0 Å². The van der Waals surface area contributed by atoms with E-state index >= 15 is 0 Å². The van der Waals surface area contributed by atoms with Crippen LogP contribution in [0.3, 0.4) is 0 Å². The fraction of sp³-hybridized carbons (Fsp3) is 0.917. The summed E-state index contributed by atoms with van der Waals surface area (Å²) in [6, 6.07) is -0.758. The third-order valence-corrected chi connectivity index (χ3v) is 3.24. The number of nitrogens with zero attached hydrogens (tertiary/aromatic N) is 1. The molecule has 0 radical (unpaired) electrons. The molecule has 112 valence electrons. The van der Waals surface area contributed by atoms with Gasteiger partial charge in [0.05, 0.1) is 0 Å². The van der Waals surface area contributed by atoms with Gasteiger partial charge in [0.15, 0.2) is 0 Å². The van der Waals surface area contributed by atoms with Gasteiger partial charge in [-0.15, -0.1) is 0 Å². The molecule has 0 aromatic carbocycles. The highest BCUT2D eigenvalue weighted by Gasteiger charge is 2.13. The van der Waals surface area contributed by atoms with Crippen LogP contribution in [0.2, 0.25) is 0 Å². The van der Waals surface area contributed by atoms with Crippen LogP contribution in [0.5, 0.6) is 0 Å². The van der Waals surface area contributed by atoms with Gasteiger partial charge >= 0.3 is 5.97 Å². The van der Waals surface area contributed by atoms with Crippen molar-refractivity contribution in [2.45, 2.75) is 12.5 Å². The Hall–Kier alpha value is -0.730. The maximum atomic E-state index is 10.7. The molecule has 1 atom stereocenters. The van der Waals surface area contributed by atoms with Gasteiger partial charge in [-0.3, -0.25) is 4.79 Å². The third-order valence-electron chi connectivity index (χ3n) is 3.24. The van der Waals surface area contributed by atoms with E-state index in [1.165, 1.54) is 0 Å². The molecule has 1 rings (SSSR count). The predicted octanol–water partition coefficient (Wildman–Crippen LogP) is -2.13. The zero-order valence-corrected chi connectivity index (χ0v) is 11.5. The van der Waals surface area contributed by atoms with E-state index in [4.69, 9.17) is 10.8 Å². The largest absolute Gasteiger partial charge is 0.480 e. The lowest BCUT2D eigenvalue weighted by Gasteiger charge is -2.24. The molecule has 19 heavy (non-hydrogen) atoms. The van der Waals surface area contributed by atoms with Crippen molar-refractivity contribution in [2.24, 2.45) is 5.73 Å². The smallest absolute Gasteiger partial charge is 0.320 e. The molecule has 0 aliphatic carbocycles. The minimum atomic E-state index is -0.920. The first kappa shape index (κ1) is 16.3. The molecule has 0 aromatic heterocycles. The highest BCUT2D eigenvalue weighted by atomic mass is 16.4. The summed E-state index contributed by atoms with van der Waals surface area (Å²) >= 11 is 0. The summed E-state index contributed by atoms with van der Waals surface area (Å²) < 4.78 is 0. The number of rotatable bonds is 4. The molecule has 0 amide bonds. The fourth-order valence-electron chi connectivity index (χ4n) is 1.98. The molecule has 6 N–H and O–H groups in total. The molecular weight excluding hydrogens is 246 g/mol. The van der Waals surface area contributed by atoms with Gasteiger partial charge in [0.25, 0.3) is 0 Å². The number of carbonyl (C=O) groups is 1. The van der Waals surface area contributed by atoms with E-state index in [1.54, 1.807) is 0 Å². The highest BCUT2D eigenvalue weighted by molar-refractivity contribution is 5.72. The van der Waals surface area contributed by atoms with Crippen molar-refractivity contribution in [3.63, 3.8) is 0 Å². The number of nitrogens with one attached hydrogen (secondary N) is 3. The van der Waals surface area contributed by atoms with Crippen LogP contribution < -0.4 is 21.7 Å². The Bertz CT molecular complexity index is 240. The molecule has 0 spiro atoms. The Morgan fingerprint density at radius 1 is 1.05 bits per heavy atom. The molecule has 1 aliphatic heterocycles. The first-order valence-corrected chi connectivity index (χ1v) is 7.03. The van der Waals surface area contributed by atoms with E-state index in [0.717, 1.165) is 58.9 Å². The molecular formula is C12H27N5O2. The number of aliphatic carboxylic acids is 1. The lowest BCUT2D eigenvalue weighted by molar-refractivity contribution is -0.138. The van der Waals surface area contributed by atoms with Crippen LogP contribution in [0.1, 0.15) is 6.42 Å². The minimum Gasteiger partial charge on any atom is -0.480 e. The fourth-order valence-corrected chi connectivity index (χ4v) is 1.98. The van der Waals surface area contributed by atoms with Crippen LogP contribution >= 0.6 is 0 Å². The Morgan fingerprint density at radius 2 is 1.53 bits per heavy atom. The van der Waals surface area contributed by atoms with Crippen LogP contribution in [-0.4, -0.2) is 80.9 Å². The molecule has 1 fully saturated rings. The van der Waals surface area contributed by atoms with Gasteiger partial charge in [-0.2, -0.15) is 0 Å². The maximum Gasteiger partial charge on any atom is 0.320 e. The zero-order valence-electron chi connectivity index (χ0n) is 11.5. The Kier molecular flexibility index (Phi) is 8.68. The van der Waals surface area contributed by atoms with Gasteiger partial charge in [0.2, 0.25) is 0 Å². The van der Waals surface area contributed by atoms with E-state index < -0.39 is 12.0 Å². The van der Waals surface area contributed by atoms with Crippen LogP contribution in [-0.2, 0) is 4.79 Å². The lowest BCUT2D eigenvalue weighted by Crippen LogP contribution is -2.43. The number of carboxylic acid groups (broad SMARTS) is 1. The Morgan fingerprint density at radius 3 is 2.00 bits per heavy atom. The van der Waals surface area contributed by atoms with Crippen molar-refractivity contribution in [3.05, 3.63) is 0 Å². The maximum absolute atomic E-state index is 10.7. The average molecular weight is 273 g/mol. The molecule has 1 saturated heterocycles. The van der Waals surface area contributed by atoms with Gasteiger partial charge in [0.1, 0.15) is 6.04 Å². The minimum absolute atomic E-state index is 0.497. The number of nitrogens with two attached hydrogens (primary N) is 1. The van der Waals surface area contributed by atoms with E-state index in [1.807, 2.05) is 0 Å². The van der Waals surface area contributed by atoms with E-state index in [9.17, 15) is 4.79 Å². The summed E-state index contributed by atoms with van der Waals surface area (Å²) in [5, 5.41) is 18.9. The SMILES string of the molecule is N[C@@H](CCN1CCNCCNCCNCC1)C(=O)O. The molecule has 1 aliphatic rings. The van der Waals surface area contributed by atoms with E-state index in [2.05, 4.69) is 20.9 Å².